The first kappa shape index (κ1) is 14.3. The van der Waals surface area contributed by atoms with E-state index in [1.807, 2.05) is 6.92 Å². The summed E-state index contributed by atoms with van der Waals surface area (Å²) in [5.74, 6) is -1.38. The van der Waals surface area contributed by atoms with E-state index in [-0.39, 0.29) is 10.8 Å². The first-order valence-electron chi connectivity index (χ1n) is 6.09. The first-order valence-corrected chi connectivity index (χ1v) is 6.97. The number of nitrogens with one attached hydrogen (secondary N) is 1. The Hall–Kier alpha value is -2.15. The van der Waals surface area contributed by atoms with Crippen molar-refractivity contribution < 1.29 is 14.7 Å². The highest BCUT2D eigenvalue weighted by molar-refractivity contribution is 7.12. The molecule has 2 aromatic rings. The minimum Gasteiger partial charge on any atom is -0.477 e. The molecule has 0 saturated heterocycles. The summed E-state index contributed by atoms with van der Waals surface area (Å²) in [4.78, 5) is 23.5. The van der Waals surface area contributed by atoms with Crippen molar-refractivity contribution in [2.24, 2.45) is 7.05 Å². The van der Waals surface area contributed by atoms with Gasteiger partial charge in [0.15, 0.2) is 0 Å². The molecule has 1 amide bonds. The summed E-state index contributed by atoms with van der Waals surface area (Å²) >= 11 is 1.10. The lowest BCUT2D eigenvalue weighted by molar-refractivity contribution is 0.0703. The van der Waals surface area contributed by atoms with Gasteiger partial charge in [-0.1, -0.05) is 6.92 Å². The van der Waals surface area contributed by atoms with Crippen LogP contribution in [0.25, 0.3) is 0 Å². The molecule has 6 nitrogen and oxygen atoms in total. The molecule has 0 unspecified atom stereocenters. The van der Waals surface area contributed by atoms with E-state index >= 15 is 0 Å². The molecule has 0 aliphatic rings. The summed E-state index contributed by atoms with van der Waals surface area (Å²) in [7, 11) is 1.74. The fourth-order valence-corrected chi connectivity index (χ4v) is 2.77. The van der Waals surface area contributed by atoms with Crippen molar-refractivity contribution in [1.29, 1.82) is 0 Å². The molecule has 2 heterocycles. The number of carboxylic acid groups (broad SMARTS) is 1. The van der Waals surface area contributed by atoms with Gasteiger partial charge in [0.05, 0.1) is 16.9 Å². The standard InChI is InChI=1S/C13H15N3O3S/c1-4-9-8(5-16(3)15-9)12(17)14-10-7(2)6-20-11(10)13(18)19/h5-6H,4H2,1-3H3,(H,14,17)(H,18,19). The number of nitrogens with zero attached hydrogens (tertiary/aromatic N) is 2. The molecule has 0 aliphatic heterocycles. The monoisotopic (exact) mass is 293 g/mol. The predicted octanol–water partition coefficient (Wildman–Crippen LogP) is 2.30. The molecule has 2 aromatic heterocycles. The summed E-state index contributed by atoms with van der Waals surface area (Å²) < 4.78 is 1.58. The van der Waals surface area contributed by atoms with Crippen molar-refractivity contribution in [1.82, 2.24) is 9.78 Å². The Morgan fingerprint density at radius 1 is 1.50 bits per heavy atom. The van der Waals surface area contributed by atoms with Gasteiger partial charge in [-0.3, -0.25) is 9.48 Å². The maximum atomic E-state index is 12.3. The summed E-state index contributed by atoms with van der Waals surface area (Å²) in [6.07, 6.45) is 2.27. The molecule has 0 saturated carbocycles. The van der Waals surface area contributed by atoms with Crippen LogP contribution in [-0.4, -0.2) is 26.8 Å². The van der Waals surface area contributed by atoms with Crippen LogP contribution < -0.4 is 5.32 Å². The van der Waals surface area contributed by atoms with Gasteiger partial charge in [0.25, 0.3) is 5.91 Å². The van der Waals surface area contributed by atoms with Crippen molar-refractivity contribution in [3.63, 3.8) is 0 Å². The van der Waals surface area contributed by atoms with E-state index in [0.717, 1.165) is 16.9 Å². The van der Waals surface area contributed by atoms with Crippen molar-refractivity contribution >= 4 is 28.9 Å². The molecule has 106 valence electrons. The normalized spacial score (nSPS) is 10.6. The van der Waals surface area contributed by atoms with Gasteiger partial charge in [0.1, 0.15) is 4.88 Å². The number of hydrogen-bond acceptors (Lipinski definition) is 4. The number of aryl methyl sites for hydroxylation is 3. The second-order valence-electron chi connectivity index (χ2n) is 4.40. The average Bonchev–Trinajstić information content (AvgIpc) is 2.93. The Morgan fingerprint density at radius 3 is 2.80 bits per heavy atom. The van der Waals surface area contributed by atoms with Crippen LogP contribution in [0.2, 0.25) is 0 Å². The zero-order chi connectivity index (χ0) is 14.9. The Balaban J connectivity index is 2.32. The van der Waals surface area contributed by atoms with Gasteiger partial charge >= 0.3 is 5.97 Å². The molecule has 0 fully saturated rings. The van der Waals surface area contributed by atoms with E-state index in [1.165, 1.54) is 0 Å². The van der Waals surface area contributed by atoms with Gasteiger partial charge in [-0.25, -0.2) is 4.79 Å². The largest absolute Gasteiger partial charge is 0.477 e. The van der Waals surface area contributed by atoms with E-state index in [1.54, 1.807) is 30.2 Å². The zero-order valence-electron chi connectivity index (χ0n) is 11.4. The molecule has 0 bridgehead atoms. The second kappa shape index (κ2) is 5.46. The van der Waals surface area contributed by atoms with Crippen LogP contribution in [0.1, 0.15) is 38.2 Å². The summed E-state index contributed by atoms with van der Waals surface area (Å²) in [5, 5.41) is 17.7. The van der Waals surface area contributed by atoms with Gasteiger partial charge in [0, 0.05) is 13.2 Å². The number of anilines is 1. The number of aromatic carboxylic acids is 1. The Labute approximate surface area is 120 Å². The highest BCUT2D eigenvalue weighted by Crippen LogP contribution is 2.28. The van der Waals surface area contributed by atoms with Crippen molar-refractivity contribution in [3.05, 3.63) is 33.3 Å². The fraction of sp³-hybridized carbons (Fsp3) is 0.308. The molecule has 20 heavy (non-hydrogen) atoms. The fourth-order valence-electron chi connectivity index (χ4n) is 1.92. The molecule has 0 radical (unpaired) electrons. The van der Waals surface area contributed by atoms with Gasteiger partial charge in [-0.15, -0.1) is 11.3 Å². The highest BCUT2D eigenvalue weighted by atomic mass is 32.1. The van der Waals surface area contributed by atoms with E-state index < -0.39 is 5.97 Å². The minimum atomic E-state index is -1.04. The first-order chi connectivity index (χ1) is 9.43. The van der Waals surface area contributed by atoms with Gasteiger partial charge in [-0.05, 0) is 24.3 Å². The molecule has 0 aliphatic carbocycles. The number of carbonyl (C=O) groups excluding carboxylic acids is 1. The molecular weight excluding hydrogens is 278 g/mol. The number of aromatic nitrogens is 2. The van der Waals surface area contributed by atoms with Gasteiger partial charge < -0.3 is 10.4 Å². The predicted molar refractivity (Wildman–Crippen MR) is 76.6 cm³/mol. The Morgan fingerprint density at radius 2 is 2.20 bits per heavy atom. The summed E-state index contributed by atoms with van der Waals surface area (Å²) in [6.45, 7) is 3.68. The van der Waals surface area contributed by atoms with Crippen molar-refractivity contribution in [3.8, 4) is 0 Å². The number of amides is 1. The van der Waals surface area contributed by atoms with Crippen LogP contribution >= 0.6 is 11.3 Å². The average molecular weight is 293 g/mol. The van der Waals surface area contributed by atoms with Crippen molar-refractivity contribution in [2.45, 2.75) is 20.3 Å². The SMILES string of the molecule is CCc1nn(C)cc1C(=O)Nc1c(C)csc1C(=O)O. The third-order valence-corrected chi connectivity index (χ3v) is 3.98. The van der Waals surface area contributed by atoms with Gasteiger partial charge in [-0.2, -0.15) is 5.10 Å². The molecule has 2 rings (SSSR count). The van der Waals surface area contributed by atoms with Crippen LogP contribution in [0.4, 0.5) is 5.69 Å². The molecule has 0 atom stereocenters. The topological polar surface area (TPSA) is 84.2 Å². The second-order valence-corrected chi connectivity index (χ2v) is 5.28. The zero-order valence-corrected chi connectivity index (χ0v) is 12.2. The quantitative estimate of drug-likeness (QED) is 0.906. The van der Waals surface area contributed by atoms with E-state index in [4.69, 9.17) is 5.11 Å². The Bertz CT molecular complexity index is 672. The van der Waals surface area contributed by atoms with Crippen LogP contribution in [0, 0.1) is 6.92 Å². The molecule has 0 spiro atoms. The lowest BCUT2D eigenvalue weighted by Crippen LogP contribution is -2.15. The number of rotatable bonds is 4. The molecule has 2 N–H and O–H groups in total. The third kappa shape index (κ3) is 2.57. The minimum absolute atomic E-state index is 0.137. The lowest BCUT2D eigenvalue weighted by Gasteiger charge is -2.05. The number of carbonyl (C=O) groups is 2. The van der Waals surface area contributed by atoms with Crippen LogP contribution in [0.5, 0.6) is 0 Å². The van der Waals surface area contributed by atoms with E-state index in [9.17, 15) is 9.59 Å². The maximum absolute atomic E-state index is 12.3. The molecular formula is C13H15N3O3S. The molecule has 7 heteroatoms. The van der Waals surface area contributed by atoms with E-state index in [2.05, 4.69) is 10.4 Å². The highest BCUT2D eigenvalue weighted by Gasteiger charge is 2.20. The Kier molecular flexibility index (Phi) is 3.89. The summed E-state index contributed by atoms with van der Waals surface area (Å²) in [5.41, 5.74) is 2.26. The number of carboxylic acids is 1. The molecule has 0 aromatic carbocycles. The van der Waals surface area contributed by atoms with Crippen LogP contribution in [0.3, 0.4) is 0 Å². The summed E-state index contributed by atoms with van der Waals surface area (Å²) in [6, 6.07) is 0. The van der Waals surface area contributed by atoms with Gasteiger partial charge in [0.2, 0.25) is 0 Å². The maximum Gasteiger partial charge on any atom is 0.348 e. The number of hydrogen-bond donors (Lipinski definition) is 2. The lowest BCUT2D eigenvalue weighted by atomic mass is 10.2. The van der Waals surface area contributed by atoms with Crippen molar-refractivity contribution in [2.75, 3.05) is 5.32 Å². The third-order valence-electron chi connectivity index (χ3n) is 2.89. The smallest absolute Gasteiger partial charge is 0.348 e. The number of thiophene rings is 1. The van der Waals surface area contributed by atoms with E-state index in [0.29, 0.717) is 23.4 Å². The van der Waals surface area contributed by atoms with Crippen LogP contribution in [-0.2, 0) is 13.5 Å². The van der Waals surface area contributed by atoms with Crippen LogP contribution in [0.15, 0.2) is 11.6 Å².